The van der Waals surface area contributed by atoms with E-state index in [0.717, 1.165) is 21.4 Å². The number of amides is 2. The van der Waals surface area contributed by atoms with Crippen LogP contribution in [0.5, 0.6) is 0 Å². The van der Waals surface area contributed by atoms with Crippen LogP contribution in [0.4, 0.5) is 15.8 Å². The van der Waals surface area contributed by atoms with E-state index >= 15 is 0 Å². The van der Waals surface area contributed by atoms with Gasteiger partial charge < -0.3 is 10.6 Å². The summed E-state index contributed by atoms with van der Waals surface area (Å²) in [6.45, 7) is 1.83. The zero-order valence-electron chi connectivity index (χ0n) is 17.3. The van der Waals surface area contributed by atoms with E-state index in [2.05, 4.69) is 10.6 Å². The van der Waals surface area contributed by atoms with Crippen LogP contribution in [0, 0.1) is 5.82 Å². The van der Waals surface area contributed by atoms with E-state index in [0.29, 0.717) is 5.69 Å². The highest BCUT2D eigenvalue weighted by Crippen LogP contribution is 2.27. The number of fused-ring (bicyclic) bond motifs is 1. The monoisotopic (exact) mass is 444 g/mol. The highest BCUT2D eigenvalue weighted by Gasteiger charge is 2.16. The van der Waals surface area contributed by atoms with Gasteiger partial charge in [0.25, 0.3) is 5.91 Å². The van der Waals surface area contributed by atoms with Gasteiger partial charge in [-0.1, -0.05) is 48.5 Å². The molecule has 4 aromatic rings. The zero-order valence-corrected chi connectivity index (χ0v) is 18.2. The second-order valence-electron chi connectivity index (χ2n) is 7.27. The molecule has 6 heteroatoms. The van der Waals surface area contributed by atoms with Crippen LogP contribution in [0.1, 0.15) is 17.3 Å². The number of nitrogens with one attached hydrogen (secondary N) is 2. The molecular weight excluding hydrogens is 423 g/mol. The molecule has 32 heavy (non-hydrogen) atoms. The van der Waals surface area contributed by atoms with Crippen LogP contribution in [-0.4, -0.2) is 17.1 Å². The van der Waals surface area contributed by atoms with Crippen molar-refractivity contribution < 1.29 is 14.0 Å². The predicted octanol–water partition coefficient (Wildman–Crippen LogP) is 6.35. The van der Waals surface area contributed by atoms with Crippen LogP contribution in [-0.2, 0) is 4.79 Å². The topological polar surface area (TPSA) is 58.2 Å². The quantitative estimate of drug-likeness (QED) is 0.341. The number of hydrogen-bond donors (Lipinski definition) is 2. The van der Waals surface area contributed by atoms with Gasteiger partial charge in [0.1, 0.15) is 5.82 Å². The molecular formula is C26H21FN2O2S. The van der Waals surface area contributed by atoms with Gasteiger partial charge in [-0.25, -0.2) is 4.39 Å². The van der Waals surface area contributed by atoms with E-state index in [4.69, 9.17) is 0 Å². The normalized spacial score (nSPS) is 11.7. The summed E-state index contributed by atoms with van der Waals surface area (Å²) < 4.78 is 13.8. The SMILES string of the molecule is CC(Sc1cccc(NC(=O)c2ccccc2F)c1)C(=O)Nc1ccc2ccccc2c1. The summed E-state index contributed by atoms with van der Waals surface area (Å²) in [6, 6.07) is 26.7. The molecule has 0 aliphatic carbocycles. The number of rotatable bonds is 6. The minimum absolute atomic E-state index is 0.0197. The van der Waals surface area contributed by atoms with Gasteiger partial charge in [-0.2, -0.15) is 0 Å². The lowest BCUT2D eigenvalue weighted by Gasteiger charge is -2.13. The minimum atomic E-state index is -0.575. The van der Waals surface area contributed by atoms with Gasteiger partial charge in [0.15, 0.2) is 0 Å². The van der Waals surface area contributed by atoms with Crippen molar-refractivity contribution in [3.8, 4) is 0 Å². The maximum Gasteiger partial charge on any atom is 0.258 e. The van der Waals surface area contributed by atoms with Gasteiger partial charge in [0.05, 0.1) is 10.8 Å². The smallest absolute Gasteiger partial charge is 0.258 e. The van der Waals surface area contributed by atoms with Gasteiger partial charge in [-0.3, -0.25) is 9.59 Å². The Morgan fingerprint density at radius 1 is 0.781 bits per heavy atom. The first kappa shape index (κ1) is 21.6. The molecule has 0 bridgehead atoms. The maximum absolute atomic E-state index is 13.8. The summed E-state index contributed by atoms with van der Waals surface area (Å²) >= 11 is 1.38. The van der Waals surface area contributed by atoms with Crippen LogP contribution in [0.2, 0.25) is 0 Å². The fourth-order valence-corrected chi connectivity index (χ4v) is 4.19. The van der Waals surface area contributed by atoms with E-state index in [1.54, 1.807) is 24.3 Å². The molecule has 0 heterocycles. The van der Waals surface area contributed by atoms with E-state index in [9.17, 15) is 14.0 Å². The third-order valence-electron chi connectivity index (χ3n) is 4.91. The van der Waals surface area contributed by atoms with E-state index < -0.39 is 11.7 Å². The number of anilines is 2. The minimum Gasteiger partial charge on any atom is -0.325 e. The third kappa shape index (κ3) is 5.15. The van der Waals surface area contributed by atoms with Crippen LogP contribution in [0.3, 0.4) is 0 Å². The maximum atomic E-state index is 13.8. The average molecular weight is 445 g/mol. The highest BCUT2D eigenvalue weighted by molar-refractivity contribution is 8.00. The van der Waals surface area contributed by atoms with Crippen LogP contribution in [0.25, 0.3) is 10.8 Å². The van der Waals surface area contributed by atoms with Crippen molar-refractivity contribution in [2.24, 2.45) is 0 Å². The number of halogens is 1. The van der Waals surface area contributed by atoms with Crippen molar-refractivity contribution in [1.29, 1.82) is 0 Å². The molecule has 1 unspecified atom stereocenters. The first-order valence-electron chi connectivity index (χ1n) is 10.1. The fraction of sp³-hybridized carbons (Fsp3) is 0.0769. The number of carbonyl (C=O) groups excluding carboxylic acids is 2. The summed E-state index contributed by atoms with van der Waals surface area (Å²) in [5.74, 6) is -1.21. The van der Waals surface area contributed by atoms with Gasteiger partial charge in [0, 0.05) is 16.3 Å². The van der Waals surface area contributed by atoms with E-state index in [-0.39, 0.29) is 16.7 Å². The van der Waals surface area contributed by atoms with Crippen molar-refractivity contribution in [2.75, 3.05) is 10.6 Å². The summed E-state index contributed by atoms with van der Waals surface area (Å²) in [5.41, 5.74) is 1.26. The molecule has 4 rings (SSSR count). The van der Waals surface area contributed by atoms with Crippen molar-refractivity contribution in [2.45, 2.75) is 17.1 Å². The lowest BCUT2D eigenvalue weighted by Crippen LogP contribution is -2.22. The molecule has 0 saturated carbocycles. The Morgan fingerprint density at radius 3 is 2.31 bits per heavy atom. The lowest BCUT2D eigenvalue weighted by molar-refractivity contribution is -0.115. The summed E-state index contributed by atoms with van der Waals surface area (Å²) in [6.07, 6.45) is 0. The molecule has 0 spiro atoms. The Labute approximate surface area is 189 Å². The van der Waals surface area contributed by atoms with Crippen LogP contribution < -0.4 is 10.6 Å². The lowest BCUT2D eigenvalue weighted by atomic mass is 10.1. The molecule has 0 aliphatic rings. The third-order valence-corrected chi connectivity index (χ3v) is 6.00. The van der Waals surface area contributed by atoms with E-state index in [1.807, 2.05) is 55.5 Å². The molecule has 2 amide bonds. The molecule has 1 atom stereocenters. The first-order valence-corrected chi connectivity index (χ1v) is 11.0. The van der Waals surface area contributed by atoms with Gasteiger partial charge >= 0.3 is 0 Å². The van der Waals surface area contributed by atoms with Crippen molar-refractivity contribution in [3.63, 3.8) is 0 Å². The number of thioether (sulfide) groups is 1. The Balaban J connectivity index is 1.40. The van der Waals surface area contributed by atoms with Crippen LogP contribution >= 0.6 is 11.8 Å². The predicted molar refractivity (Wildman–Crippen MR) is 129 cm³/mol. The second-order valence-corrected chi connectivity index (χ2v) is 8.69. The Kier molecular flexibility index (Phi) is 6.52. The largest absolute Gasteiger partial charge is 0.325 e. The summed E-state index contributed by atoms with van der Waals surface area (Å²) in [4.78, 5) is 25.9. The average Bonchev–Trinajstić information content (AvgIpc) is 2.79. The molecule has 0 fully saturated rings. The van der Waals surface area contributed by atoms with Gasteiger partial charge in [0.2, 0.25) is 5.91 Å². The fourth-order valence-electron chi connectivity index (χ4n) is 3.26. The molecule has 0 aliphatic heterocycles. The number of benzene rings is 4. The van der Waals surface area contributed by atoms with Crippen molar-refractivity contribution in [1.82, 2.24) is 0 Å². The Morgan fingerprint density at radius 2 is 1.50 bits per heavy atom. The second kappa shape index (κ2) is 9.66. The molecule has 160 valence electrons. The summed E-state index contributed by atoms with van der Waals surface area (Å²) in [7, 11) is 0. The zero-order chi connectivity index (χ0) is 22.5. The number of carbonyl (C=O) groups is 2. The van der Waals surface area contributed by atoms with Gasteiger partial charge in [-0.15, -0.1) is 11.8 Å². The summed E-state index contributed by atoms with van der Waals surface area (Å²) in [5, 5.41) is 7.47. The van der Waals surface area contributed by atoms with Crippen LogP contribution in [0.15, 0.2) is 95.9 Å². The highest BCUT2D eigenvalue weighted by atomic mass is 32.2. The standard InChI is InChI=1S/C26H21FN2O2S/c1-17(25(30)28-21-14-13-18-7-2-3-8-19(18)15-21)32-22-10-6-9-20(16-22)29-26(31)23-11-4-5-12-24(23)27/h2-17H,1H3,(H,28,30)(H,29,31). The van der Waals surface area contributed by atoms with E-state index in [1.165, 1.54) is 30.0 Å². The van der Waals surface area contributed by atoms with Crippen molar-refractivity contribution in [3.05, 3.63) is 102 Å². The molecule has 4 aromatic carbocycles. The molecule has 0 aromatic heterocycles. The van der Waals surface area contributed by atoms with Crippen molar-refractivity contribution >= 4 is 45.7 Å². The van der Waals surface area contributed by atoms with Gasteiger partial charge in [-0.05, 0) is 60.2 Å². The Hall–Kier alpha value is -3.64. The molecule has 4 nitrogen and oxygen atoms in total. The first-order chi connectivity index (χ1) is 15.5. The molecule has 0 saturated heterocycles. The molecule has 0 radical (unpaired) electrons. The Bertz CT molecular complexity index is 1290. The molecule has 2 N–H and O–H groups in total. The number of hydrogen-bond acceptors (Lipinski definition) is 3.